The number of tetrazole rings is 1. The van der Waals surface area contributed by atoms with Crippen molar-refractivity contribution < 1.29 is 14.1 Å². The van der Waals surface area contributed by atoms with Gasteiger partial charge in [-0.15, -0.1) is 5.10 Å². The Balaban J connectivity index is 1.90. The van der Waals surface area contributed by atoms with Gasteiger partial charge in [-0.1, -0.05) is 6.07 Å². The number of nitro benzene ring substituents is 1. The van der Waals surface area contributed by atoms with Gasteiger partial charge in [0, 0.05) is 12.1 Å². The molecule has 3 aromatic rings. The maximum Gasteiger partial charge on any atom is 0.271 e. The van der Waals surface area contributed by atoms with E-state index in [1.54, 1.807) is 6.07 Å². The van der Waals surface area contributed by atoms with E-state index in [9.17, 15) is 14.5 Å². The van der Waals surface area contributed by atoms with E-state index in [1.165, 1.54) is 47.4 Å². The molecule has 0 N–H and O–H groups in total. The van der Waals surface area contributed by atoms with Crippen molar-refractivity contribution in [1.29, 1.82) is 5.26 Å². The quantitative estimate of drug-likeness (QED) is 0.515. The molecule has 2 aromatic carbocycles. The third kappa shape index (κ3) is 3.40. The zero-order valence-electron chi connectivity index (χ0n) is 12.5. The number of halogens is 1. The predicted molar refractivity (Wildman–Crippen MR) is 81.3 cm³/mol. The van der Waals surface area contributed by atoms with Gasteiger partial charge in [0.15, 0.2) is 0 Å². The van der Waals surface area contributed by atoms with Crippen molar-refractivity contribution in [2.45, 2.75) is 6.61 Å². The van der Waals surface area contributed by atoms with Crippen molar-refractivity contribution >= 4 is 5.69 Å². The second-order valence-corrected chi connectivity index (χ2v) is 4.88. The van der Waals surface area contributed by atoms with Crippen LogP contribution in [0.2, 0.25) is 0 Å². The molecule has 0 radical (unpaired) electrons. The topological polar surface area (TPSA) is 120 Å². The molecule has 0 fully saturated rings. The van der Waals surface area contributed by atoms with Crippen LogP contribution in [0.1, 0.15) is 11.1 Å². The van der Waals surface area contributed by atoms with E-state index in [4.69, 9.17) is 10.00 Å². The van der Waals surface area contributed by atoms with Crippen LogP contribution in [0.25, 0.3) is 5.69 Å². The van der Waals surface area contributed by atoms with E-state index in [0.29, 0.717) is 11.3 Å². The van der Waals surface area contributed by atoms with E-state index in [-0.39, 0.29) is 23.5 Å². The summed E-state index contributed by atoms with van der Waals surface area (Å²) in [6.07, 6.45) is 1.28. The Labute approximate surface area is 140 Å². The summed E-state index contributed by atoms with van der Waals surface area (Å²) in [5.74, 6) is -0.323. The third-order valence-electron chi connectivity index (χ3n) is 3.29. The lowest BCUT2D eigenvalue weighted by atomic mass is 10.1. The molecule has 0 saturated carbocycles. The molecule has 1 heterocycles. The van der Waals surface area contributed by atoms with E-state index in [1.807, 2.05) is 0 Å². The second kappa shape index (κ2) is 6.71. The van der Waals surface area contributed by atoms with Crippen LogP contribution >= 0.6 is 0 Å². The van der Waals surface area contributed by atoms with Gasteiger partial charge in [0.25, 0.3) is 5.69 Å². The first-order chi connectivity index (χ1) is 12.1. The summed E-state index contributed by atoms with van der Waals surface area (Å²) in [5, 5.41) is 30.5. The van der Waals surface area contributed by atoms with E-state index >= 15 is 0 Å². The Hall–Kier alpha value is -3.87. The Morgan fingerprint density at radius 3 is 2.84 bits per heavy atom. The van der Waals surface area contributed by atoms with Crippen LogP contribution in [0, 0.1) is 27.3 Å². The highest BCUT2D eigenvalue weighted by molar-refractivity contribution is 5.53. The molecule has 0 spiro atoms. The largest absolute Gasteiger partial charge is 0.487 e. The van der Waals surface area contributed by atoms with Crippen molar-refractivity contribution in [3.8, 4) is 17.5 Å². The van der Waals surface area contributed by atoms with Gasteiger partial charge in [-0.25, -0.2) is 4.39 Å². The van der Waals surface area contributed by atoms with Crippen LogP contribution in [0.15, 0.2) is 42.7 Å². The smallest absolute Gasteiger partial charge is 0.271 e. The van der Waals surface area contributed by atoms with Crippen molar-refractivity contribution in [2.24, 2.45) is 0 Å². The summed E-state index contributed by atoms with van der Waals surface area (Å²) < 4.78 is 20.2. The number of aromatic nitrogens is 4. The molecule has 0 aliphatic heterocycles. The van der Waals surface area contributed by atoms with Crippen LogP contribution in [0.4, 0.5) is 10.1 Å². The number of hydrogen-bond donors (Lipinski definition) is 0. The van der Waals surface area contributed by atoms with Gasteiger partial charge >= 0.3 is 0 Å². The minimum Gasteiger partial charge on any atom is -0.487 e. The number of ether oxygens (including phenoxy) is 1. The fourth-order valence-electron chi connectivity index (χ4n) is 2.10. The summed E-state index contributed by atoms with van der Waals surface area (Å²) in [5.41, 5.74) is 0.609. The zero-order valence-corrected chi connectivity index (χ0v) is 12.5. The Morgan fingerprint density at radius 1 is 1.32 bits per heavy atom. The van der Waals surface area contributed by atoms with E-state index in [2.05, 4.69) is 15.5 Å². The number of rotatable bonds is 5. The van der Waals surface area contributed by atoms with Gasteiger partial charge in [-0.2, -0.15) is 9.94 Å². The number of hydrogen-bond acceptors (Lipinski definition) is 7. The van der Waals surface area contributed by atoms with Gasteiger partial charge in [0.2, 0.25) is 0 Å². The Bertz CT molecular complexity index is 968. The molecule has 0 aliphatic rings. The van der Waals surface area contributed by atoms with E-state index < -0.39 is 10.7 Å². The standard InChI is InChI=1S/C15H9FN6O3/c16-13-3-1-10(5-11(13)7-17)8-25-15-4-2-12(22(23)24)6-14(15)21-9-18-19-20-21/h1-6,9H,8H2. The second-order valence-electron chi connectivity index (χ2n) is 4.88. The molecule has 124 valence electrons. The van der Waals surface area contributed by atoms with Gasteiger partial charge in [-0.3, -0.25) is 10.1 Å². The lowest BCUT2D eigenvalue weighted by Gasteiger charge is -2.11. The third-order valence-corrected chi connectivity index (χ3v) is 3.29. The van der Waals surface area contributed by atoms with Crippen LogP contribution in [-0.2, 0) is 6.61 Å². The SMILES string of the molecule is N#Cc1cc(COc2ccc([N+](=O)[O-])cc2-n2cnnn2)ccc1F. The van der Waals surface area contributed by atoms with Crippen LogP contribution < -0.4 is 4.74 Å². The molecule has 0 amide bonds. The number of nitro groups is 1. The average molecular weight is 340 g/mol. The molecule has 0 atom stereocenters. The van der Waals surface area contributed by atoms with Crippen LogP contribution in [0.3, 0.4) is 0 Å². The first-order valence-electron chi connectivity index (χ1n) is 6.91. The summed E-state index contributed by atoms with van der Waals surface area (Å²) in [6, 6.07) is 9.77. The molecule has 1 aromatic heterocycles. The number of nitrogens with zero attached hydrogens (tertiary/aromatic N) is 6. The first-order valence-corrected chi connectivity index (χ1v) is 6.91. The zero-order chi connectivity index (χ0) is 17.8. The Morgan fingerprint density at radius 2 is 2.16 bits per heavy atom. The maximum absolute atomic E-state index is 13.4. The normalized spacial score (nSPS) is 10.2. The maximum atomic E-state index is 13.4. The predicted octanol–water partition coefficient (Wildman–Crippen LogP) is 2.16. The highest BCUT2D eigenvalue weighted by atomic mass is 19.1. The molecular formula is C15H9FN6O3. The van der Waals surface area contributed by atoms with Gasteiger partial charge in [0.05, 0.1) is 10.5 Å². The fraction of sp³-hybridized carbons (Fsp3) is 0.0667. The number of non-ortho nitro benzene ring substituents is 1. The minimum atomic E-state index is -0.615. The number of benzene rings is 2. The van der Waals surface area contributed by atoms with Crippen molar-refractivity contribution in [2.75, 3.05) is 0 Å². The van der Waals surface area contributed by atoms with E-state index in [0.717, 1.165) is 0 Å². The van der Waals surface area contributed by atoms with Gasteiger partial charge < -0.3 is 4.74 Å². The molecule has 0 saturated heterocycles. The summed E-state index contributed by atoms with van der Waals surface area (Å²) >= 11 is 0. The molecule has 0 bridgehead atoms. The minimum absolute atomic E-state index is 0.0297. The summed E-state index contributed by atoms with van der Waals surface area (Å²) in [4.78, 5) is 10.4. The molecular weight excluding hydrogens is 331 g/mol. The van der Waals surface area contributed by atoms with Crippen molar-refractivity contribution in [3.05, 3.63) is 69.8 Å². The number of nitriles is 1. The summed E-state index contributed by atoms with van der Waals surface area (Å²) in [6.45, 7) is 0.0297. The molecule has 10 heteroatoms. The van der Waals surface area contributed by atoms with Crippen molar-refractivity contribution in [3.63, 3.8) is 0 Å². The highest BCUT2D eigenvalue weighted by Crippen LogP contribution is 2.27. The lowest BCUT2D eigenvalue weighted by molar-refractivity contribution is -0.384. The van der Waals surface area contributed by atoms with Gasteiger partial charge in [-0.05, 0) is 34.2 Å². The average Bonchev–Trinajstić information content (AvgIpc) is 3.15. The lowest BCUT2D eigenvalue weighted by Crippen LogP contribution is -2.04. The van der Waals surface area contributed by atoms with Gasteiger partial charge in [0.1, 0.15) is 36.3 Å². The van der Waals surface area contributed by atoms with Crippen LogP contribution in [0.5, 0.6) is 5.75 Å². The molecule has 25 heavy (non-hydrogen) atoms. The first kappa shape index (κ1) is 16.0. The summed E-state index contributed by atoms with van der Waals surface area (Å²) in [7, 11) is 0. The molecule has 3 rings (SSSR count). The van der Waals surface area contributed by atoms with Crippen molar-refractivity contribution in [1.82, 2.24) is 20.2 Å². The fourth-order valence-corrected chi connectivity index (χ4v) is 2.10. The molecule has 0 aliphatic carbocycles. The highest BCUT2D eigenvalue weighted by Gasteiger charge is 2.15. The Kier molecular flexibility index (Phi) is 4.30. The monoisotopic (exact) mass is 340 g/mol. The molecule has 9 nitrogen and oxygen atoms in total. The molecule has 0 unspecified atom stereocenters. The van der Waals surface area contributed by atoms with Crippen LogP contribution in [-0.4, -0.2) is 25.1 Å².